The molecule has 1 aromatic carbocycles. The van der Waals surface area contributed by atoms with Crippen LogP contribution in [0.1, 0.15) is 17.3 Å². The van der Waals surface area contributed by atoms with E-state index in [2.05, 4.69) is 5.32 Å². The normalized spacial score (nSPS) is 12.0. The van der Waals surface area contributed by atoms with Crippen LogP contribution in [0.15, 0.2) is 18.2 Å². The fourth-order valence-electron chi connectivity index (χ4n) is 1.54. The minimum atomic E-state index is -0.174. The predicted molar refractivity (Wildman–Crippen MR) is 73.8 cm³/mol. The topological polar surface area (TPSA) is 78.6 Å². The molecule has 0 fully saturated rings. The van der Waals surface area contributed by atoms with Crippen LogP contribution in [0, 0.1) is 5.92 Å². The van der Waals surface area contributed by atoms with Gasteiger partial charge >= 0.3 is 0 Å². The van der Waals surface area contributed by atoms with Gasteiger partial charge in [0.25, 0.3) is 5.91 Å². The van der Waals surface area contributed by atoms with Gasteiger partial charge in [0.1, 0.15) is 0 Å². The maximum absolute atomic E-state index is 11.8. The monoisotopic (exact) mass is 251 g/mol. The van der Waals surface area contributed by atoms with E-state index in [1.807, 2.05) is 32.0 Å². The molecule has 0 heterocycles. The number of benzene rings is 1. The molecule has 100 valence electrons. The molecule has 0 saturated carbocycles. The Hall–Kier alpha value is -1.75. The molecule has 1 unspecified atom stereocenters. The Balaban J connectivity index is 2.73. The van der Waals surface area contributed by atoms with E-state index in [9.17, 15) is 4.79 Å². The van der Waals surface area contributed by atoms with Gasteiger partial charge in [0.15, 0.2) is 0 Å². The van der Waals surface area contributed by atoms with E-state index in [0.29, 0.717) is 17.8 Å². The van der Waals surface area contributed by atoms with E-state index in [1.165, 1.54) is 0 Å². The zero-order chi connectivity index (χ0) is 13.7. The van der Waals surface area contributed by atoms with Gasteiger partial charge in [-0.3, -0.25) is 4.79 Å². The summed E-state index contributed by atoms with van der Waals surface area (Å²) >= 11 is 0. The summed E-state index contributed by atoms with van der Waals surface area (Å²) in [6.45, 7) is 2.37. The first-order valence-electron chi connectivity index (χ1n) is 5.91. The van der Waals surface area contributed by atoms with Crippen LogP contribution in [0.2, 0.25) is 0 Å². The first kappa shape index (κ1) is 14.3. The van der Waals surface area contributed by atoms with Crippen molar-refractivity contribution < 1.29 is 9.90 Å². The lowest BCUT2D eigenvalue weighted by atomic mass is 10.1. The lowest BCUT2D eigenvalue weighted by Crippen LogP contribution is -2.29. The molecular weight excluding hydrogens is 230 g/mol. The van der Waals surface area contributed by atoms with Crippen molar-refractivity contribution in [1.82, 2.24) is 5.32 Å². The molecule has 0 aromatic heterocycles. The van der Waals surface area contributed by atoms with Crippen molar-refractivity contribution in [3.63, 3.8) is 0 Å². The second kappa shape index (κ2) is 6.26. The number of anilines is 2. The van der Waals surface area contributed by atoms with Gasteiger partial charge < -0.3 is 21.1 Å². The Labute approximate surface area is 108 Å². The molecule has 0 radical (unpaired) electrons. The molecule has 5 heteroatoms. The van der Waals surface area contributed by atoms with Crippen molar-refractivity contribution in [1.29, 1.82) is 0 Å². The van der Waals surface area contributed by atoms with E-state index < -0.39 is 0 Å². The third kappa shape index (κ3) is 3.63. The number of aliphatic hydroxyl groups excluding tert-OH is 1. The maximum atomic E-state index is 11.8. The number of aliphatic hydroxyl groups is 1. The molecule has 0 aliphatic heterocycles. The summed E-state index contributed by atoms with van der Waals surface area (Å²) in [5.74, 6) is -0.125. The van der Waals surface area contributed by atoms with Crippen LogP contribution in [0.5, 0.6) is 0 Å². The zero-order valence-electron chi connectivity index (χ0n) is 11.1. The Morgan fingerprint density at radius 2 is 2.17 bits per heavy atom. The summed E-state index contributed by atoms with van der Waals surface area (Å²) in [5.41, 5.74) is 7.87. The lowest BCUT2D eigenvalue weighted by Gasteiger charge is -2.16. The molecule has 18 heavy (non-hydrogen) atoms. The van der Waals surface area contributed by atoms with Crippen LogP contribution in [0.4, 0.5) is 11.4 Å². The largest absolute Gasteiger partial charge is 0.397 e. The van der Waals surface area contributed by atoms with Crippen LogP contribution < -0.4 is 16.0 Å². The molecule has 0 bridgehead atoms. The second-order valence-electron chi connectivity index (χ2n) is 4.67. The summed E-state index contributed by atoms with van der Waals surface area (Å²) in [7, 11) is 3.79. The van der Waals surface area contributed by atoms with Gasteiger partial charge in [0.05, 0.1) is 11.4 Å². The highest BCUT2D eigenvalue weighted by Crippen LogP contribution is 2.22. The fraction of sp³-hybridized carbons (Fsp3) is 0.462. The van der Waals surface area contributed by atoms with Gasteiger partial charge in [-0.2, -0.15) is 0 Å². The average Bonchev–Trinajstić information content (AvgIpc) is 2.34. The van der Waals surface area contributed by atoms with Crippen molar-refractivity contribution in [2.24, 2.45) is 5.92 Å². The van der Waals surface area contributed by atoms with Crippen LogP contribution in [-0.4, -0.2) is 38.3 Å². The Kier molecular flexibility index (Phi) is 4.97. The molecule has 1 aromatic rings. The summed E-state index contributed by atoms with van der Waals surface area (Å²) < 4.78 is 0. The minimum absolute atomic E-state index is 0.0485. The van der Waals surface area contributed by atoms with Crippen LogP contribution in [-0.2, 0) is 0 Å². The number of hydrogen-bond donors (Lipinski definition) is 3. The molecule has 0 spiro atoms. The maximum Gasteiger partial charge on any atom is 0.251 e. The van der Waals surface area contributed by atoms with Crippen molar-refractivity contribution >= 4 is 17.3 Å². The quantitative estimate of drug-likeness (QED) is 0.673. The van der Waals surface area contributed by atoms with Gasteiger partial charge in [-0.1, -0.05) is 6.92 Å². The standard InChI is InChI=1S/C13H21N3O2/c1-9(8-17)7-15-13(18)10-4-5-12(16(2)3)11(14)6-10/h4-6,9,17H,7-8,14H2,1-3H3,(H,15,18). The second-order valence-corrected chi connectivity index (χ2v) is 4.67. The first-order valence-corrected chi connectivity index (χ1v) is 5.91. The first-order chi connectivity index (χ1) is 8.45. The Morgan fingerprint density at radius 1 is 1.50 bits per heavy atom. The van der Waals surface area contributed by atoms with E-state index in [0.717, 1.165) is 5.69 Å². The number of nitrogens with one attached hydrogen (secondary N) is 1. The van der Waals surface area contributed by atoms with Gasteiger partial charge in [-0.15, -0.1) is 0 Å². The molecule has 0 aliphatic rings. The van der Waals surface area contributed by atoms with Gasteiger partial charge in [-0.25, -0.2) is 0 Å². The summed E-state index contributed by atoms with van der Waals surface area (Å²) in [5, 5.41) is 11.6. The van der Waals surface area contributed by atoms with E-state index in [4.69, 9.17) is 10.8 Å². The number of amides is 1. The van der Waals surface area contributed by atoms with Crippen molar-refractivity contribution in [3.8, 4) is 0 Å². The summed E-state index contributed by atoms with van der Waals surface area (Å²) in [6, 6.07) is 5.22. The van der Waals surface area contributed by atoms with Crippen LogP contribution in [0.25, 0.3) is 0 Å². The number of nitrogens with two attached hydrogens (primary N) is 1. The molecular formula is C13H21N3O2. The zero-order valence-corrected chi connectivity index (χ0v) is 11.1. The van der Waals surface area contributed by atoms with Gasteiger partial charge in [0.2, 0.25) is 0 Å². The number of carbonyl (C=O) groups is 1. The highest BCUT2D eigenvalue weighted by molar-refractivity contribution is 5.96. The molecule has 1 rings (SSSR count). The summed E-state index contributed by atoms with van der Waals surface area (Å²) in [6.07, 6.45) is 0. The molecule has 0 saturated heterocycles. The smallest absolute Gasteiger partial charge is 0.251 e. The number of nitrogens with zero attached hydrogens (tertiary/aromatic N) is 1. The number of rotatable bonds is 5. The van der Waals surface area contributed by atoms with E-state index in [1.54, 1.807) is 12.1 Å². The Morgan fingerprint density at radius 3 is 2.67 bits per heavy atom. The minimum Gasteiger partial charge on any atom is -0.397 e. The van der Waals surface area contributed by atoms with Crippen molar-refractivity contribution in [2.45, 2.75) is 6.92 Å². The Bertz CT molecular complexity index is 419. The van der Waals surface area contributed by atoms with Gasteiger partial charge in [-0.05, 0) is 24.1 Å². The van der Waals surface area contributed by atoms with E-state index in [-0.39, 0.29) is 18.4 Å². The summed E-state index contributed by atoms with van der Waals surface area (Å²) in [4.78, 5) is 13.7. The molecule has 1 amide bonds. The van der Waals surface area contributed by atoms with Gasteiger partial charge in [0, 0.05) is 32.8 Å². The molecule has 0 aliphatic carbocycles. The highest BCUT2D eigenvalue weighted by atomic mass is 16.3. The predicted octanol–water partition coefficient (Wildman–Crippen LogP) is 0.693. The molecule has 4 N–H and O–H groups in total. The average molecular weight is 251 g/mol. The number of nitrogen functional groups attached to an aromatic ring is 1. The van der Waals surface area contributed by atoms with E-state index >= 15 is 0 Å². The van der Waals surface area contributed by atoms with Crippen LogP contribution in [0.3, 0.4) is 0 Å². The van der Waals surface area contributed by atoms with Crippen LogP contribution >= 0.6 is 0 Å². The molecule has 5 nitrogen and oxygen atoms in total. The highest BCUT2D eigenvalue weighted by Gasteiger charge is 2.10. The number of hydrogen-bond acceptors (Lipinski definition) is 4. The third-order valence-corrected chi connectivity index (χ3v) is 2.69. The molecule has 1 atom stereocenters. The SMILES string of the molecule is CC(CO)CNC(=O)c1ccc(N(C)C)c(N)c1. The third-order valence-electron chi connectivity index (χ3n) is 2.69. The fourth-order valence-corrected chi connectivity index (χ4v) is 1.54. The number of carbonyl (C=O) groups excluding carboxylic acids is 1. The van der Waals surface area contributed by atoms with Crippen molar-refractivity contribution in [2.75, 3.05) is 37.9 Å². The van der Waals surface area contributed by atoms with Crippen molar-refractivity contribution in [3.05, 3.63) is 23.8 Å². The lowest BCUT2D eigenvalue weighted by molar-refractivity contribution is 0.0942.